The lowest BCUT2D eigenvalue weighted by Gasteiger charge is -2.22. The number of halogens is 1. The lowest BCUT2D eigenvalue weighted by atomic mass is 9.89. The van der Waals surface area contributed by atoms with Gasteiger partial charge in [-0.2, -0.15) is 0 Å². The summed E-state index contributed by atoms with van der Waals surface area (Å²) >= 11 is 3.56. The summed E-state index contributed by atoms with van der Waals surface area (Å²) in [6.45, 7) is 0.944. The van der Waals surface area contributed by atoms with Crippen LogP contribution in [0.5, 0.6) is 0 Å². The van der Waals surface area contributed by atoms with Gasteiger partial charge in [0.1, 0.15) is 4.60 Å². The molecule has 0 atom stereocenters. The summed E-state index contributed by atoms with van der Waals surface area (Å²) in [5.41, 5.74) is 3.67. The molecule has 5 nitrogen and oxygen atoms in total. The number of fused-ring (bicyclic) bond motifs is 1. The summed E-state index contributed by atoms with van der Waals surface area (Å²) in [6.07, 6.45) is 13.5. The second-order valence-corrected chi connectivity index (χ2v) is 9.59. The molecule has 30 heavy (non-hydrogen) atoms. The molecule has 2 aliphatic rings. The molecule has 2 saturated carbocycles. The minimum absolute atomic E-state index is 0.253. The summed E-state index contributed by atoms with van der Waals surface area (Å²) in [4.78, 5) is 21.7. The fraction of sp³-hybridized carbons (Fsp3) is 0.458. The third-order valence-corrected chi connectivity index (χ3v) is 6.80. The number of hydrogen-bond acceptors (Lipinski definition) is 4. The first kappa shape index (κ1) is 19.7. The molecule has 2 heterocycles. The van der Waals surface area contributed by atoms with Crippen molar-refractivity contribution in [3.63, 3.8) is 0 Å². The third-order valence-electron chi connectivity index (χ3n) is 6.42. The molecule has 2 aliphatic carbocycles. The Balaban J connectivity index is 1.38. The first-order chi connectivity index (χ1) is 14.7. The Labute approximate surface area is 185 Å². The van der Waals surface area contributed by atoms with E-state index in [1.807, 2.05) is 36.7 Å². The van der Waals surface area contributed by atoms with Gasteiger partial charge in [0.2, 0.25) is 0 Å². The van der Waals surface area contributed by atoms with Gasteiger partial charge in [0.05, 0.1) is 11.9 Å². The van der Waals surface area contributed by atoms with Gasteiger partial charge in [-0.1, -0.05) is 43.5 Å². The SMILES string of the molecule is O=C(CC1CC1)c1ccc(-c2cnc3c(NCC4CCCCC4)nc(Br)cn23)cc1. The first-order valence-corrected chi connectivity index (χ1v) is 11.9. The second kappa shape index (κ2) is 8.50. The van der Waals surface area contributed by atoms with Gasteiger partial charge in [-0.15, -0.1) is 0 Å². The van der Waals surface area contributed by atoms with Crippen molar-refractivity contribution in [1.82, 2.24) is 14.4 Å². The van der Waals surface area contributed by atoms with Crippen LogP contribution in [-0.4, -0.2) is 26.7 Å². The number of aromatic nitrogens is 3. The quantitative estimate of drug-likeness (QED) is 0.425. The first-order valence-electron chi connectivity index (χ1n) is 11.1. The molecule has 0 bridgehead atoms. The lowest BCUT2D eigenvalue weighted by Crippen LogP contribution is -2.18. The van der Waals surface area contributed by atoms with Crippen molar-refractivity contribution >= 4 is 33.2 Å². The molecule has 0 radical (unpaired) electrons. The van der Waals surface area contributed by atoms with E-state index in [2.05, 4.69) is 35.6 Å². The largest absolute Gasteiger partial charge is 0.367 e. The fourth-order valence-corrected chi connectivity index (χ4v) is 4.83. The summed E-state index contributed by atoms with van der Waals surface area (Å²) < 4.78 is 2.85. The van der Waals surface area contributed by atoms with Crippen LogP contribution in [0.2, 0.25) is 0 Å². The molecule has 1 aromatic carbocycles. The number of carbonyl (C=O) groups excluding carboxylic acids is 1. The standard InChI is InChI=1S/C24H27BrN4O/c25-22-15-29-20(18-8-10-19(11-9-18)21(30)12-16-6-7-16)14-27-24(29)23(28-22)26-13-17-4-2-1-3-5-17/h8-11,14-17H,1-7,12-13H2,(H,26,28). The number of Topliss-reactive ketones (excluding diaryl/α,β-unsaturated/α-hetero) is 1. The van der Waals surface area contributed by atoms with Crippen LogP contribution in [0.1, 0.15) is 61.7 Å². The zero-order valence-corrected chi connectivity index (χ0v) is 18.7. The number of nitrogens with zero attached hydrogens (tertiary/aromatic N) is 3. The molecule has 0 unspecified atom stereocenters. The summed E-state index contributed by atoms with van der Waals surface area (Å²) in [5.74, 6) is 2.40. The number of hydrogen-bond donors (Lipinski definition) is 1. The highest BCUT2D eigenvalue weighted by Gasteiger charge is 2.25. The summed E-state index contributed by atoms with van der Waals surface area (Å²) in [5, 5.41) is 3.54. The summed E-state index contributed by atoms with van der Waals surface area (Å²) in [6, 6.07) is 7.93. The van der Waals surface area contributed by atoms with Gasteiger partial charge in [0.25, 0.3) is 0 Å². The molecule has 2 fully saturated rings. The van der Waals surface area contributed by atoms with Gasteiger partial charge in [0, 0.05) is 30.3 Å². The Hall–Kier alpha value is -2.21. The molecule has 2 aromatic heterocycles. The number of ketones is 1. The van der Waals surface area contributed by atoms with Crippen molar-refractivity contribution in [1.29, 1.82) is 0 Å². The van der Waals surface area contributed by atoms with E-state index in [0.717, 1.165) is 45.4 Å². The number of carbonyl (C=O) groups is 1. The highest BCUT2D eigenvalue weighted by Crippen LogP contribution is 2.34. The van der Waals surface area contributed by atoms with Gasteiger partial charge >= 0.3 is 0 Å². The highest BCUT2D eigenvalue weighted by molar-refractivity contribution is 9.10. The molecule has 0 saturated heterocycles. The number of rotatable bonds is 7. The van der Waals surface area contributed by atoms with Crippen molar-refractivity contribution in [2.75, 3.05) is 11.9 Å². The fourth-order valence-electron chi connectivity index (χ4n) is 4.45. The third kappa shape index (κ3) is 4.29. The molecule has 5 rings (SSSR count). The molecular weight excluding hydrogens is 440 g/mol. The Kier molecular flexibility index (Phi) is 5.59. The number of imidazole rings is 1. The van der Waals surface area contributed by atoms with Crippen LogP contribution in [0.4, 0.5) is 5.82 Å². The maximum atomic E-state index is 12.4. The molecule has 0 spiro atoms. The highest BCUT2D eigenvalue weighted by atomic mass is 79.9. The van der Waals surface area contributed by atoms with Crippen molar-refractivity contribution in [2.24, 2.45) is 11.8 Å². The number of benzene rings is 1. The second-order valence-electron chi connectivity index (χ2n) is 8.78. The van der Waals surface area contributed by atoms with E-state index in [-0.39, 0.29) is 5.78 Å². The van der Waals surface area contributed by atoms with E-state index in [4.69, 9.17) is 0 Å². The topological polar surface area (TPSA) is 59.3 Å². The molecule has 156 valence electrons. The van der Waals surface area contributed by atoms with E-state index < -0.39 is 0 Å². The Morgan fingerprint density at radius 1 is 1.07 bits per heavy atom. The van der Waals surface area contributed by atoms with Gasteiger partial charge < -0.3 is 5.32 Å². The summed E-state index contributed by atoms with van der Waals surface area (Å²) in [7, 11) is 0. The van der Waals surface area contributed by atoms with E-state index in [0.29, 0.717) is 12.3 Å². The van der Waals surface area contributed by atoms with Crippen LogP contribution in [-0.2, 0) is 0 Å². The molecule has 0 amide bonds. The Bertz CT molecular complexity index is 1050. The maximum absolute atomic E-state index is 12.4. The monoisotopic (exact) mass is 466 g/mol. The van der Waals surface area contributed by atoms with Crippen molar-refractivity contribution < 1.29 is 4.79 Å². The van der Waals surface area contributed by atoms with Crippen molar-refractivity contribution in [3.8, 4) is 11.3 Å². The molecule has 3 aromatic rings. The van der Waals surface area contributed by atoms with Crippen LogP contribution in [0.25, 0.3) is 16.9 Å². The van der Waals surface area contributed by atoms with Crippen LogP contribution in [0, 0.1) is 11.8 Å². The van der Waals surface area contributed by atoms with Crippen LogP contribution >= 0.6 is 15.9 Å². The predicted molar refractivity (Wildman–Crippen MR) is 123 cm³/mol. The van der Waals surface area contributed by atoms with Crippen LogP contribution in [0.3, 0.4) is 0 Å². The average Bonchev–Trinajstić information content (AvgIpc) is 3.48. The van der Waals surface area contributed by atoms with Gasteiger partial charge in [0.15, 0.2) is 17.2 Å². The van der Waals surface area contributed by atoms with Gasteiger partial charge in [-0.25, -0.2) is 9.97 Å². The minimum atomic E-state index is 0.253. The van der Waals surface area contributed by atoms with Gasteiger partial charge in [-0.3, -0.25) is 9.20 Å². The zero-order chi connectivity index (χ0) is 20.5. The number of anilines is 1. The lowest BCUT2D eigenvalue weighted by molar-refractivity contribution is 0.0976. The molecule has 1 N–H and O–H groups in total. The maximum Gasteiger partial charge on any atom is 0.180 e. The normalized spacial score (nSPS) is 17.4. The van der Waals surface area contributed by atoms with Crippen molar-refractivity contribution in [3.05, 3.63) is 46.8 Å². The van der Waals surface area contributed by atoms with Crippen LogP contribution < -0.4 is 5.32 Å². The average molecular weight is 467 g/mol. The van der Waals surface area contributed by atoms with Gasteiger partial charge in [-0.05, 0) is 53.4 Å². The van der Waals surface area contributed by atoms with Crippen LogP contribution in [0.15, 0.2) is 41.3 Å². The van der Waals surface area contributed by atoms with E-state index in [9.17, 15) is 4.79 Å². The van der Waals surface area contributed by atoms with Crippen molar-refractivity contribution in [2.45, 2.75) is 51.4 Å². The van der Waals surface area contributed by atoms with E-state index in [1.165, 1.54) is 44.9 Å². The number of nitrogens with one attached hydrogen (secondary N) is 1. The predicted octanol–water partition coefficient (Wildman–Crippen LogP) is 6.13. The van der Waals surface area contributed by atoms with E-state index >= 15 is 0 Å². The zero-order valence-electron chi connectivity index (χ0n) is 17.1. The molecule has 6 heteroatoms. The smallest absolute Gasteiger partial charge is 0.180 e. The molecular formula is C24H27BrN4O. The van der Waals surface area contributed by atoms with E-state index in [1.54, 1.807) is 0 Å². The Morgan fingerprint density at radius 3 is 2.57 bits per heavy atom. The minimum Gasteiger partial charge on any atom is -0.367 e. The molecule has 0 aliphatic heterocycles. The Morgan fingerprint density at radius 2 is 1.83 bits per heavy atom.